The Bertz CT molecular complexity index is 464. The average molecular weight is 300 g/mol. The van der Waals surface area contributed by atoms with E-state index in [0.717, 1.165) is 24.6 Å². The highest BCUT2D eigenvalue weighted by molar-refractivity contribution is 7.84. The van der Waals surface area contributed by atoms with Crippen molar-refractivity contribution in [1.29, 1.82) is 0 Å². The van der Waals surface area contributed by atoms with Crippen molar-refractivity contribution in [1.82, 2.24) is 9.97 Å². The summed E-state index contributed by atoms with van der Waals surface area (Å²) in [6.45, 7) is 5.02. The number of anilines is 1. The highest BCUT2D eigenvalue weighted by atomic mass is 32.2. The van der Waals surface area contributed by atoms with E-state index in [9.17, 15) is 4.21 Å². The summed E-state index contributed by atoms with van der Waals surface area (Å²) < 4.78 is 17.2. The summed E-state index contributed by atoms with van der Waals surface area (Å²) in [6.07, 6.45) is 0.579. The van der Waals surface area contributed by atoms with Crippen LogP contribution in [0.5, 0.6) is 0 Å². The summed E-state index contributed by atoms with van der Waals surface area (Å²) >= 11 is 0. The first-order valence-corrected chi connectivity index (χ1v) is 8.52. The van der Waals surface area contributed by atoms with Crippen LogP contribution in [0.4, 0.5) is 5.82 Å². The smallest absolute Gasteiger partial charge is 0.152 e. The number of aliphatic hydroxyl groups is 1. The van der Waals surface area contributed by atoms with Gasteiger partial charge in [-0.05, 0) is 6.92 Å². The Kier molecular flexibility index (Phi) is 5.87. The molecule has 1 atom stereocenters. The standard InChI is InChI=1S/C13H21N3O3S/c1-11-14-12(10-20(18)8-2-5-17)9-13(15-11)16-3-6-19-7-4-16/h9,17H,2-8,10H2,1H3/p+1. The molecular formula is C13H22N3O3S+. The van der Waals surface area contributed by atoms with Gasteiger partial charge in [-0.1, -0.05) is 0 Å². The Labute approximate surface area is 121 Å². The number of nitrogens with zero attached hydrogens (tertiary/aromatic N) is 3. The summed E-state index contributed by atoms with van der Waals surface area (Å²) in [4.78, 5) is 11.0. The van der Waals surface area contributed by atoms with Gasteiger partial charge in [-0.3, -0.25) is 0 Å². The minimum absolute atomic E-state index is 0.0862. The molecule has 0 bridgehead atoms. The van der Waals surface area contributed by atoms with E-state index >= 15 is 0 Å². The largest absolute Gasteiger partial charge is 0.396 e. The van der Waals surface area contributed by atoms with Crippen LogP contribution < -0.4 is 4.90 Å². The lowest BCUT2D eigenvalue weighted by molar-refractivity contribution is 0.122. The molecule has 0 aliphatic carbocycles. The van der Waals surface area contributed by atoms with Crippen LogP contribution in [0.2, 0.25) is 0 Å². The molecule has 112 valence electrons. The van der Waals surface area contributed by atoms with E-state index in [1.54, 1.807) is 0 Å². The molecule has 7 heteroatoms. The third kappa shape index (κ3) is 4.50. The SMILES string of the molecule is Cc1nc(C[SH+](=O)CCCO)cc(N2CCOCC2)n1. The van der Waals surface area contributed by atoms with Crippen LogP contribution in [0.3, 0.4) is 0 Å². The number of hydrogen-bond acceptors (Lipinski definition) is 6. The molecule has 2 rings (SSSR count). The molecule has 0 saturated carbocycles. The van der Waals surface area contributed by atoms with E-state index in [-0.39, 0.29) is 6.61 Å². The summed E-state index contributed by atoms with van der Waals surface area (Å²) in [5.74, 6) is 2.59. The molecule has 6 nitrogen and oxygen atoms in total. The summed E-state index contributed by atoms with van der Waals surface area (Å²) in [5, 5.41) is 8.77. The Hall–Kier alpha value is -1.05. The molecule has 1 N–H and O–H groups in total. The first kappa shape index (κ1) is 15.3. The summed E-state index contributed by atoms with van der Waals surface area (Å²) in [5.41, 5.74) is 0.818. The van der Waals surface area contributed by atoms with E-state index in [1.165, 1.54) is 0 Å². The van der Waals surface area contributed by atoms with Crippen molar-refractivity contribution < 1.29 is 14.1 Å². The van der Waals surface area contributed by atoms with E-state index < -0.39 is 10.8 Å². The molecule has 0 spiro atoms. The quantitative estimate of drug-likeness (QED) is 0.597. The minimum Gasteiger partial charge on any atom is -0.396 e. The highest BCUT2D eigenvalue weighted by Crippen LogP contribution is 2.15. The Morgan fingerprint density at radius 3 is 2.85 bits per heavy atom. The van der Waals surface area contributed by atoms with E-state index in [1.807, 2.05) is 13.0 Å². The predicted octanol–water partition coefficient (Wildman–Crippen LogP) is 0.200. The number of thiol groups is 1. The van der Waals surface area contributed by atoms with E-state index in [2.05, 4.69) is 14.9 Å². The fourth-order valence-electron chi connectivity index (χ4n) is 2.15. The molecule has 20 heavy (non-hydrogen) atoms. The van der Waals surface area contributed by atoms with Gasteiger partial charge in [-0.2, -0.15) is 0 Å². The topological polar surface area (TPSA) is 75.5 Å². The predicted molar refractivity (Wildman–Crippen MR) is 79.5 cm³/mol. The zero-order valence-corrected chi connectivity index (χ0v) is 12.7. The Morgan fingerprint density at radius 1 is 1.40 bits per heavy atom. The van der Waals surface area contributed by atoms with Gasteiger partial charge in [0.25, 0.3) is 0 Å². The summed E-state index contributed by atoms with van der Waals surface area (Å²) in [7, 11) is -1.35. The molecule has 1 aromatic rings. The van der Waals surface area contributed by atoms with Crippen molar-refractivity contribution in [3.8, 4) is 0 Å². The van der Waals surface area contributed by atoms with Gasteiger partial charge >= 0.3 is 0 Å². The molecule has 1 aromatic heterocycles. The maximum absolute atomic E-state index is 11.9. The maximum atomic E-state index is 11.9. The van der Waals surface area contributed by atoms with Gasteiger partial charge in [-0.15, -0.1) is 4.21 Å². The van der Waals surface area contributed by atoms with Gasteiger partial charge in [0, 0.05) is 32.2 Å². The first-order chi connectivity index (χ1) is 9.69. The van der Waals surface area contributed by atoms with Crippen LogP contribution in [0, 0.1) is 6.92 Å². The van der Waals surface area contributed by atoms with Crippen LogP contribution in [-0.4, -0.2) is 53.7 Å². The lowest BCUT2D eigenvalue weighted by Crippen LogP contribution is -2.37. The maximum Gasteiger partial charge on any atom is 0.152 e. The molecular weight excluding hydrogens is 278 g/mol. The van der Waals surface area contributed by atoms with Crippen molar-refractivity contribution in [2.24, 2.45) is 0 Å². The van der Waals surface area contributed by atoms with Crippen LogP contribution in [0.25, 0.3) is 0 Å². The van der Waals surface area contributed by atoms with Gasteiger partial charge in [0.15, 0.2) is 5.75 Å². The fraction of sp³-hybridized carbons (Fsp3) is 0.692. The molecule has 1 aliphatic rings. The number of rotatable bonds is 6. The lowest BCUT2D eigenvalue weighted by Gasteiger charge is -2.28. The number of morpholine rings is 1. The van der Waals surface area contributed by atoms with Crippen LogP contribution in [0.1, 0.15) is 17.9 Å². The van der Waals surface area contributed by atoms with Crippen LogP contribution in [0.15, 0.2) is 6.07 Å². The van der Waals surface area contributed by atoms with Crippen LogP contribution >= 0.6 is 0 Å². The van der Waals surface area contributed by atoms with Gasteiger partial charge in [0.2, 0.25) is 0 Å². The number of aliphatic hydroxyl groups excluding tert-OH is 1. The number of ether oxygens (including phenoxy) is 1. The molecule has 0 radical (unpaired) electrons. The number of aryl methyl sites for hydroxylation is 1. The molecule has 1 aliphatic heterocycles. The first-order valence-electron chi connectivity index (χ1n) is 6.89. The molecule has 1 fully saturated rings. The lowest BCUT2D eigenvalue weighted by atomic mass is 10.3. The average Bonchev–Trinajstić information content (AvgIpc) is 2.45. The second-order valence-electron chi connectivity index (χ2n) is 4.80. The second kappa shape index (κ2) is 7.66. The fourth-order valence-corrected chi connectivity index (χ4v) is 3.33. The second-order valence-corrected chi connectivity index (χ2v) is 6.53. The van der Waals surface area contributed by atoms with Crippen molar-refractivity contribution in [2.75, 3.05) is 43.6 Å². The molecule has 1 saturated heterocycles. The third-order valence-electron chi connectivity index (χ3n) is 3.12. The van der Waals surface area contributed by atoms with E-state index in [4.69, 9.17) is 9.84 Å². The molecule has 1 unspecified atom stereocenters. The van der Waals surface area contributed by atoms with E-state index in [0.29, 0.717) is 37.0 Å². The van der Waals surface area contributed by atoms with Crippen LogP contribution in [-0.2, 0) is 25.5 Å². The minimum atomic E-state index is -1.35. The van der Waals surface area contributed by atoms with Crippen molar-refractivity contribution in [3.05, 3.63) is 17.6 Å². The number of hydrogen-bond donors (Lipinski definition) is 1. The zero-order valence-electron chi connectivity index (χ0n) is 11.8. The Morgan fingerprint density at radius 2 is 2.15 bits per heavy atom. The zero-order chi connectivity index (χ0) is 14.4. The van der Waals surface area contributed by atoms with Crippen molar-refractivity contribution in [2.45, 2.75) is 19.1 Å². The third-order valence-corrected chi connectivity index (χ3v) is 4.61. The molecule has 0 aromatic carbocycles. The molecule has 2 heterocycles. The summed E-state index contributed by atoms with van der Waals surface area (Å²) in [6, 6.07) is 1.92. The normalized spacial score (nSPS) is 17.2. The Balaban J connectivity index is 2.05. The monoisotopic (exact) mass is 300 g/mol. The van der Waals surface area contributed by atoms with Crippen molar-refractivity contribution >= 4 is 16.6 Å². The van der Waals surface area contributed by atoms with Gasteiger partial charge in [-0.25, -0.2) is 9.97 Å². The van der Waals surface area contributed by atoms with Gasteiger partial charge in [0.05, 0.1) is 29.7 Å². The number of aromatic nitrogens is 2. The molecule has 0 amide bonds. The van der Waals surface area contributed by atoms with Gasteiger partial charge < -0.3 is 14.7 Å². The highest BCUT2D eigenvalue weighted by Gasteiger charge is 2.16. The van der Waals surface area contributed by atoms with Crippen molar-refractivity contribution in [3.63, 3.8) is 0 Å². The van der Waals surface area contributed by atoms with Gasteiger partial charge in [0.1, 0.15) is 17.4 Å².